The second-order valence-electron chi connectivity index (χ2n) is 3.33. The predicted octanol–water partition coefficient (Wildman–Crippen LogP) is 2.10. The van der Waals surface area contributed by atoms with Crippen molar-refractivity contribution < 1.29 is 14.0 Å². The highest BCUT2D eigenvalue weighted by Crippen LogP contribution is 2.28. The van der Waals surface area contributed by atoms with Crippen LogP contribution in [0.2, 0.25) is 0 Å². The minimum absolute atomic E-state index is 0.00473. The van der Waals surface area contributed by atoms with Gasteiger partial charge in [0.2, 0.25) is 5.82 Å². The van der Waals surface area contributed by atoms with Gasteiger partial charge in [-0.05, 0) is 12.1 Å². The quantitative estimate of drug-likeness (QED) is 0.724. The molecule has 0 saturated heterocycles. The highest BCUT2D eigenvalue weighted by molar-refractivity contribution is 5.63. The molecule has 0 spiro atoms. The molecule has 0 aliphatic rings. The Bertz CT molecular complexity index is 631. The van der Waals surface area contributed by atoms with Crippen molar-refractivity contribution >= 4 is 0 Å². The number of hydrogen-bond donors (Lipinski definition) is 1. The molecule has 3 heterocycles. The predicted molar refractivity (Wildman–Crippen MR) is 56.9 cm³/mol. The van der Waals surface area contributed by atoms with E-state index in [1.165, 1.54) is 24.9 Å². The third-order valence-electron chi connectivity index (χ3n) is 2.24. The summed E-state index contributed by atoms with van der Waals surface area (Å²) < 4.78 is 9.99. The highest BCUT2D eigenvalue weighted by Gasteiger charge is 2.14. The van der Waals surface area contributed by atoms with Crippen LogP contribution in [0, 0.1) is 0 Å². The van der Waals surface area contributed by atoms with E-state index in [1.54, 1.807) is 12.1 Å². The lowest BCUT2D eigenvalue weighted by Gasteiger charge is -1.95. The zero-order valence-corrected chi connectivity index (χ0v) is 8.57. The van der Waals surface area contributed by atoms with E-state index >= 15 is 0 Å². The van der Waals surface area contributed by atoms with Gasteiger partial charge >= 0.3 is 0 Å². The van der Waals surface area contributed by atoms with Gasteiger partial charge < -0.3 is 14.0 Å². The molecule has 0 aliphatic heterocycles. The minimum Gasteiger partial charge on any atom is -0.505 e. The van der Waals surface area contributed by atoms with Crippen molar-refractivity contribution in [3.8, 4) is 28.6 Å². The molecule has 0 unspecified atom stereocenters. The van der Waals surface area contributed by atoms with E-state index in [4.69, 9.17) is 8.94 Å². The van der Waals surface area contributed by atoms with Crippen LogP contribution in [0.3, 0.4) is 0 Å². The van der Waals surface area contributed by atoms with E-state index in [-0.39, 0.29) is 11.6 Å². The smallest absolute Gasteiger partial charge is 0.262 e. The summed E-state index contributed by atoms with van der Waals surface area (Å²) in [5, 5.41) is 13.4. The molecule has 6 nitrogen and oxygen atoms in total. The van der Waals surface area contributed by atoms with E-state index in [2.05, 4.69) is 15.1 Å². The molecule has 0 saturated carbocycles. The largest absolute Gasteiger partial charge is 0.505 e. The standard InChI is InChI=1S/C11H7N3O3/c15-9-5-12-3-1-8(9)11-13-10(14-17-11)7-2-4-16-6-7/h1-6,15H. The van der Waals surface area contributed by atoms with Gasteiger partial charge in [-0.1, -0.05) is 5.16 Å². The molecule has 0 aliphatic carbocycles. The number of aromatic hydroxyl groups is 1. The molecule has 0 aromatic carbocycles. The molecule has 0 radical (unpaired) electrons. The molecule has 3 rings (SSSR count). The molecule has 6 heteroatoms. The van der Waals surface area contributed by atoms with Crippen LogP contribution in [0.25, 0.3) is 22.8 Å². The lowest BCUT2D eigenvalue weighted by Crippen LogP contribution is -1.81. The summed E-state index contributed by atoms with van der Waals surface area (Å²) in [5.41, 5.74) is 1.16. The Balaban J connectivity index is 2.04. The Labute approximate surface area is 95.5 Å². The van der Waals surface area contributed by atoms with Gasteiger partial charge in [0, 0.05) is 6.20 Å². The molecule has 17 heavy (non-hydrogen) atoms. The van der Waals surface area contributed by atoms with Crippen LogP contribution in [0.5, 0.6) is 5.75 Å². The van der Waals surface area contributed by atoms with E-state index < -0.39 is 0 Å². The number of rotatable bonds is 2. The molecule has 0 atom stereocenters. The fraction of sp³-hybridized carbons (Fsp3) is 0. The van der Waals surface area contributed by atoms with E-state index in [0.29, 0.717) is 17.0 Å². The fourth-order valence-electron chi connectivity index (χ4n) is 1.41. The van der Waals surface area contributed by atoms with Gasteiger partial charge in [0.1, 0.15) is 12.0 Å². The van der Waals surface area contributed by atoms with Crippen molar-refractivity contribution in [3.63, 3.8) is 0 Å². The maximum absolute atomic E-state index is 9.59. The van der Waals surface area contributed by atoms with Crippen LogP contribution in [0.1, 0.15) is 0 Å². The molecule has 0 fully saturated rings. The van der Waals surface area contributed by atoms with Crippen LogP contribution in [-0.4, -0.2) is 20.2 Å². The molecular weight excluding hydrogens is 222 g/mol. The van der Waals surface area contributed by atoms with E-state index in [1.807, 2.05) is 0 Å². The summed E-state index contributed by atoms with van der Waals surface area (Å²) >= 11 is 0. The third-order valence-corrected chi connectivity index (χ3v) is 2.24. The van der Waals surface area contributed by atoms with Crippen molar-refractivity contribution in [3.05, 3.63) is 37.1 Å². The highest BCUT2D eigenvalue weighted by atomic mass is 16.5. The van der Waals surface area contributed by atoms with Crippen LogP contribution < -0.4 is 0 Å². The minimum atomic E-state index is -0.00473. The maximum atomic E-state index is 9.59. The molecular formula is C11H7N3O3. The number of aromatic nitrogens is 3. The molecule has 0 amide bonds. The first-order chi connectivity index (χ1) is 8.34. The van der Waals surface area contributed by atoms with Gasteiger partial charge in [-0.3, -0.25) is 4.98 Å². The first-order valence-corrected chi connectivity index (χ1v) is 4.84. The molecule has 1 N–H and O–H groups in total. The molecule has 3 aromatic rings. The van der Waals surface area contributed by atoms with Gasteiger partial charge in [0.25, 0.3) is 5.89 Å². The van der Waals surface area contributed by atoms with Crippen LogP contribution >= 0.6 is 0 Å². The van der Waals surface area contributed by atoms with E-state index in [9.17, 15) is 5.11 Å². The summed E-state index contributed by atoms with van der Waals surface area (Å²) in [7, 11) is 0. The summed E-state index contributed by atoms with van der Waals surface area (Å²) in [6, 6.07) is 3.32. The Morgan fingerprint density at radius 2 is 2.18 bits per heavy atom. The zero-order chi connectivity index (χ0) is 11.7. The normalized spacial score (nSPS) is 10.6. The second-order valence-corrected chi connectivity index (χ2v) is 3.33. The van der Waals surface area contributed by atoms with Gasteiger partial charge in [-0.2, -0.15) is 4.98 Å². The summed E-state index contributed by atoms with van der Waals surface area (Å²) in [4.78, 5) is 7.93. The zero-order valence-electron chi connectivity index (χ0n) is 8.57. The van der Waals surface area contributed by atoms with Gasteiger partial charge in [-0.25, -0.2) is 0 Å². The van der Waals surface area contributed by atoms with E-state index in [0.717, 1.165) is 0 Å². The average molecular weight is 229 g/mol. The SMILES string of the molecule is Oc1cnccc1-c1nc(-c2ccoc2)no1. The summed E-state index contributed by atoms with van der Waals surface area (Å²) in [6.45, 7) is 0. The maximum Gasteiger partial charge on any atom is 0.262 e. The Morgan fingerprint density at radius 1 is 1.24 bits per heavy atom. The topological polar surface area (TPSA) is 85.2 Å². The number of nitrogens with zero attached hydrogens (tertiary/aromatic N) is 3. The van der Waals surface area contributed by atoms with Gasteiger partial charge in [0.05, 0.1) is 23.6 Å². The number of pyridine rings is 1. The average Bonchev–Trinajstić information content (AvgIpc) is 3.00. The fourth-order valence-corrected chi connectivity index (χ4v) is 1.41. The lowest BCUT2D eigenvalue weighted by molar-refractivity contribution is 0.425. The lowest BCUT2D eigenvalue weighted by atomic mass is 10.2. The molecule has 3 aromatic heterocycles. The summed E-state index contributed by atoms with van der Waals surface area (Å²) in [6.07, 6.45) is 5.89. The third kappa shape index (κ3) is 1.65. The van der Waals surface area contributed by atoms with Crippen molar-refractivity contribution in [1.82, 2.24) is 15.1 Å². The first-order valence-electron chi connectivity index (χ1n) is 4.84. The van der Waals surface area contributed by atoms with Crippen LogP contribution in [-0.2, 0) is 0 Å². The van der Waals surface area contributed by atoms with Crippen molar-refractivity contribution in [2.45, 2.75) is 0 Å². The van der Waals surface area contributed by atoms with Crippen molar-refractivity contribution in [1.29, 1.82) is 0 Å². The van der Waals surface area contributed by atoms with Gasteiger partial charge in [-0.15, -0.1) is 0 Å². The first kappa shape index (κ1) is 9.59. The van der Waals surface area contributed by atoms with Gasteiger partial charge in [0.15, 0.2) is 0 Å². The Kier molecular flexibility index (Phi) is 2.11. The van der Waals surface area contributed by atoms with Crippen molar-refractivity contribution in [2.75, 3.05) is 0 Å². The number of furan rings is 1. The Hall–Kier alpha value is -2.63. The second kappa shape index (κ2) is 3.75. The monoisotopic (exact) mass is 229 g/mol. The Morgan fingerprint density at radius 3 is 2.94 bits per heavy atom. The number of hydrogen-bond acceptors (Lipinski definition) is 6. The van der Waals surface area contributed by atoms with Crippen LogP contribution in [0.15, 0.2) is 46.0 Å². The summed E-state index contributed by atoms with van der Waals surface area (Å²) in [5.74, 6) is 0.640. The molecule has 84 valence electrons. The van der Waals surface area contributed by atoms with Crippen LogP contribution in [0.4, 0.5) is 0 Å². The van der Waals surface area contributed by atoms with Crippen molar-refractivity contribution in [2.24, 2.45) is 0 Å². The molecule has 0 bridgehead atoms.